The fourth-order valence-electron chi connectivity index (χ4n) is 1.06. The molecule has 0 aromatic carbocycles. The number of nitrogens with zero attached hydrogens (tertiary/aromatic N) is 1. The summed E-state index contributed by atoms with van der Waals surface area (Å²) in [7, 11) is 0. The summed E-state index contributed by atoms with van der Waals surface area (Å²) in [5.41, 5.74) is 0. The molecule has 0 atom stereocenters. The molecule has 0 aliphatic rings. The molecule has 1 N–H and O–H groups in total. The lowest BCUT2D eigenvalue weighted by atomic mass is 10.4. The molecule has 0 saturated heterocycles. The van der Waals surface area contributed by atoms with E-state index < -0.39 is 0 Å². The molecule has 3 nitrogen and oxygen atoms in total. The highest BCUT2D eigenvalue weighted by atomic mass is 32.2. The Morgan fingerprint density at radius 1 is 1.53 bits per heavy atom. The Labute approximate surface area is 99.6 Å². The average molecular weight is 246 g/mol. The molecule has 0 radical (unpaired) electrons. The Balaban J connectivity index is 1.81. The summed E-state index contributed by atoms with van der Waals surface area (Å²) in [6, 6.07) is 0. The average Bonchev–Trinajstić information content (AvgIpc) is 2.75. The topological polar surface area (TPSA) is 34.1 Å². The van der Waals surface area contributed by atoms with Crippen molar-refractivity contribution < 1.29 is 4.74 Å². The van der Waals surface area contributed by atoms with Crippen molar-refractivity contribution in [2.75, 3.05) is 32.1 Å². The van der Waals surface area contributed by atoms with Crippen molar-refractivity contribution in [3.05, 3.63) is 11.6 Å². The van der Waals surface area contributed by atoms with Crippen molar-refractivity contribution in [1.29, 1.82) is 0 Å². The molecule has 0 unspecified atom stereocenters. The molecule has 0 amide bonds. The van der Waals surface area contributed by atoms with Gasteiger partial charge in [-0.25, -0.2) is 4.98 Å². The van der Waals surface area contributed by atoms with E-state index in [1.165, 1.54) is 0 Å². The molecular formula is C10H18N2OS2. The van der Waals surface area contributed by atoms with Crippen molar-refractivity contribution in [2.45, 2.75) is 17.7 Å². The summed E-state index contributed by atoms with van der Waals surface area (Å²) >= 11 is 3.51. The van der Waals surface area contributed by atoms with E-state index in [4.69, 9.17) is 4.74 Å². The van der Waals surface area contributed by atoms with E-state index in [-0.39, 0.29) is 0 Å². The predicted molar refractivity (Wildman–Crippen MR) is 66.8 cm³/mol. The fraction of sp³-hybridized carbons (Fsp3) is 0.700. The van der Waals surface area contributed by atoms with Gasteiger partial charge in [0.05, 0.1) is 0 Å². The van der Waals surface area contributed by atoms with E-state index in [1.54, 1.807) is 11.3 Å². The number of hydrogen-bond donors (Lipinski definition) is 1. The van der Waals surface area contributed by atoms with E-state index in [0.29, 0.717) is 0 Å². The van der Waals surface area contributed by atoms with Crippen molar-refractivity contribution in [3.63, 3.8) is 0 Å². The third kappa shape index (κ3) is 6.89. The first kappa shape index (κ1) is 13.0. The maximum Gasteiger partial charge on any atom is 0.149 e. The Bertz CT molecular complexity index is 229. The van der Waals surface area contributed by atoms with Crippen LogP contribution >= 0.6 is 23.1 Å². The molecule has 1 aromatic rings. The van der Waals surface area contributed by atoms with Gasteiger partial charge in [0.1, 0.15) is 4.34 Å². The second-order valence-corrected chi connectivity index (χ2v) is 5.18. The quantitative estimate of drug-likeness (QED) is 0.535. The minimum Gasteiger partial charge on any atom is -0.382 e. The number of ether oxygens (including phenoxy) is 1. The molecule has 15 heavy (non-hydrogen) atoms. The van der Waals surface area contributed by atoms with Crippen LogP contribution in [0.3, 0.4) is 0 Å². The first-order valence-electron chi connectivity index (χ1n) is 5.24. The van der Waals surface area contributed by atoms with Gasteiger partial charge in [0.2, 0.25) is 0 Å². The Kier molecular flexibility index (Phi) is 7.91. The SMILES string of the molecule is CCOCCCNCCSc1nccs1. The van der Waals surface area contributed by atoms with Crippen molar-refractivity contribution >= 4 is 23.1 Å². The van der Waals surface area contributed by atoms with Crippen molar-refractivity contribution in [1.82, 2.24) is 10.3 Å². The molecule has 0 aliphatic heterocycles. The van der Waals surface area contributed by atoms with E-state index in [9.17, 15) is 0 Å². The summed E-state index contributed by atoms with van der Waals surface area (Å²) < 4.78 is 6.40. The Morgan fingerprint density at radius 2 is 2.47 bits per heavy atom. The third-order valence-electron chi connectivity index (χ3n) is 1.76. The lowest BCUT2D eigenvalue weighted by molar-refractivity contribution is 0.145. The van der Waals surface area contributed by atoms with Crippen LogP contribution in [0.1, 0.15) is 13.3 Å². The van der Waals surface area contributed by atoms with E-state index >= 15 is 0 Å². The number of nitrogens with one attached hydrogen (secondary N) is 1. The number of thiazole rings is 1. The van der Waals surface area contributed by atoms with Gasteiger partial charge in [-0.1, -0.05) is 11.8 Å². The summed E-state index contributed by atoms with van der Waals surface area (Å²) in [5, 5.41) is 5.39. The molecule has 0 bridgehead atoms. The van der Waals surface area contributed by atoms with Crippen LogP contribution in [0, 0.1) is 0 Å². The lowest BCUT2D eigenvalue weighted by Crippen LogP contribution is -2.19. The van der Waals surface area contributed by atoms with Gasteiger partial charge in [-0.15, -0.1) is 11.3 Å². The van der Waals surface area contributed by atoms with Crippen LogP contribution < -0.4 is 5.32 Å². The van der Waals surface area contributed by atoms with Crippen molar-refractivity contribution in [2.24, 2.45) is 0 Å². The van der Waals surface area contributed by atoms with E-state index in [2.05, 4.69) is 10.3 Å². The highest BCUT2D eigenvalue weighted by Crippen LogP contribution is 2.18. The molecule has 0 fully saturated rings. The van der Waals surface area contributed by atoms with Crippen LogP contribution in [-0.2, 0) is 4.74 Å². The van der Waals surface area contributed by atoms with Crippen LogP contribution in [0.25, 0.3) is 0 Å². The molecule has 0 saturated carbocycles. The molecule has 1 heterocycles. The van der Waals surface area contributed by atoms with E-state index in [1.807, 2.05) is 30.3 Å². The number of aromatic nitrogens is 1. The summed E-state index contributed by atoms with van der Waals surface area (Å²) in [6.45, 7) is 5.79. The zero-order valence-corrected chi connectivity index (χ0v) is 10.7. The highest BCUT2D eigenvalue weighted by Gasteiger charge is 1.95. The van der Waals surface area contributed by atoms with Crippen LogP contribution in [-0.4, -0.2) is 37.0 Å². The fourth-order valence-corrected chi connectivity index (χ4v) is 2.67. The van der Waals surface area contributed by atoms with Crippen LogP contribution in [0.2, 0.25) is 0 Å². The maximum atomic E-state index is 5.25. The summed E-state index contributed by atoms with van der Waals surface area (Å²) in [5.74, 6) is 1.09. The standard InChI is InChI=1S/C10H18N2OS2/c1-2-13-7-3-4-11-5-8-14-10-12-6-9-15-10/h6,9,11H,2-5,7-8H2,1H3. The van der Waals surface area contributed by atoms with Crippen LogP contribution in [0.15, 0.2) is 15.9 Å². The van der Waals surface area contributed by atoms with Gasteiger partial charge in [0, 0.05) is 37.1 Å². The zero-order valence-electron chi connectivity index (χ0n) is 9.07. The normalized spacial score (nSPS) is 10.7. The van der Waals surface area contributed by atoms with Gasteiger partial charge < -0.3 is 10.1 Å². The number of hydrogen-bond acceptors (Lipinski definition) is 5. The molecule has 5 heteroatoms. The molecule has 1 rings (SSSR count). The Morgan fingerprint density at radius 3 is 3.20 bits per heavy atom. The van der Waals surface area contributed by atoms with Crippen LogP contribution in [0.5, 0.6) is 0 Å². The maximum absolute atomic E-state index is 5.25. The van der Waals surface area contributed by atoms with Crippen LogP contribution in [0.4, 0.5) is 0 Å². The van der Waals surface area contributed by atoms with Gasteiger partial charge in [-0.3, -0.25) is 0 Å². The monoisotopic (exact) mass is 246 g/mol. The lowest BCUT2D eigenvalue weighted by Gasteiger charge is -2.03. The van der Waals surface area contributed by atoms with Gasteiger partial charge in [-0.2, -0.15) is 0 Å². The minimum atomic E-state index is 0.819. The second-order valence-electron chi connectivity index (χ2n) is 2.95. The number of rotatable bonds is 9. The molecule has 0 spiro atoms. The number of thioether (sulfide) groups is 1. The predicted octanol–water partition coefficient (Wildman–Crippen LogP) is 2.25. The third-order valence-corrected chi connectivity index (χ3v) is 3.73. The first-order valence-corrected chi connectivity index (χ1v) is 7.10. The highest BCUT2D eigenvalue weighted by molar-refractivity contribution is 8.01. The molecule has 86 valence electrons. The minimum absolute atomic E-state index is 0.819. The van der Waals surface area contributed by atoms with Gasteiger partial charge >= 0.3 is 0 Å². The Hall–Kier alpha value is -0.100. The van der Waals surface area contributed by atoms with Gasteiger partial charge in [0.15, 0.2) is 0 Å². The van der Waals surface area contributed by atoms with Crippen molar-refractivity contribution in [3.8, 4) is 0 Å². The zero-order chi connectivity index (χ0) is 10.8. The summed E-state index contributed by atoms with van der Waals surface area (Å²) in [4.78, 5) is 4.21. The summed E-state index contributed by atoms with van der Waals surface area (Å²) in [6.07, 6.45) is 2.94. The van der Waals surface area contributed by atoms with E-state index in [0.717, 1.165) is 42.8 Å². The van der Waals surface area contributed by atoms with Gasteiger partial charge in [-0.05, 0) is 19.9 Å². The van der Waals surface area contributed by atoms with Gasteiger partial charge in [0.25, 0.3) is 0 Å². The largest absolute Gasteiger partial charge is 0.382 e. The second kappa shape index (κ2) is 9.15. The molecular weight excluding hydrogens is 228 g/mol. The smallest absolute Gasteiger partial charge is 0.149 e. The first-order chi connectivity index (χ1) is 7.43. The molecule has 1 aromatic heterocycles. The molecule has 0 aliphatic carbocycles.